The van der Waals surface area contributed by atoms with Gasteiger partial charge in [0.15, 0.2) is 0 Å². The van der Waals surface area contributed by atoms with Crippen molar-refractivity contribution in [1.29, 1.82) is 0 Å². The SMILES string of the molecule is Cc1ccc(CCN(C)C2CCNCC2)cc1C. The highest BCUT2D eigenvalue weighted by atomic mass is 15.1. The first-order chi connectivity index (χ1) is 8.66. The molecule has 0 spiro atoms. The van der Waals surface area contributed by atoms with E-state index in [1.165, 1.54) is 55.6 Å². The van der Waals surface area contributed by atoms with Crippen LogP contribution in [0.25, 0.3) is 0 Å². The van der Waals surface area contributed by atoms with Gasteiger partial charge >= 0.3 is 0 Å². The minimum absolute atomic E-state index is 0.776. The molecule has 0 unspecified atom stereocenters. The molecule has 1 aromatic rings. The molecule has 2 rings (SSSR count). The van der Waals surface area contributed by atoms with Gasteiger partial charge in [-0.2, -0.15) is 0 Å². The van der Waals surface area contributed by atoms with E-state index in [2.05, 4.69) is 49.3 Å². The van der Waals surface area contributed by atoms with E-state index in [-0.39, 0.29) is 0 Å². The minimum Gasteiger partial charge on any atom is -0.317 e. The third-order valence-corrected chi connectivity index (χ3v) is 4.26. The van der Waals surface area contributed by atoms with Crippen LogP contribution in [0.4, 0.5) is 0 Å². The van der Waals surface area contributed by atoms with Crippen molar-refractivity contribution in [3.05, 3.63) is 34.9 Å². The quantitative estimate of drug-likeness (QED) is 0.878. The van der Waals surface area contributed by atoms with Crippen molar-refractivity contribution in [1.82, 2.24) is 10.2 Å². The lowest BCUT2D eigenvalue weighted by Gasteiger charge is -2.31. The normalized spacial score (nSPS) is 17.3. The van der Waals surface area contributed by atoms with Gasteiger partial charge in [-0.1, -0.05) is 18.2 Å². The third-order valence-electron chi connectivity index (χ3n) is 4.26. The summed E-state index contributed by atoms with van der Waals surface area (Å²) in [6.45, 7) is 7.92. The number of nitrogens with one attached hydrogen (secondary N) is 1. The van der Waals surface area contributed by atoms with Gasteiger partial charge in [0.25, 0.3) is 0 Å². The summed E-state index contributed by atoms with van der Waals surface area (Å²) in [6, 6.07) is 7.64. The van der Waals surface area contributed by atoms with Gasteiger partial charge in [0, 0.05) is 12.6 Å². The van der Waals surface area contributed by atoms with Crippen molar-refractivity contribution in [3.8, 4) is 0 Å². The maximum Gasteiger partial charge on any atom is 0.0116 e. The summed E-state index contributed by atoms with van der Waals surface area (Å²) >= 11 is 0. The molecule has 0 saturated carbocycles. The maximum absolute atomic E-state index is 3.43. The van der Waals surface area contributed by atoms with Gasteiger partial charge in [0.2, 0.25) is 0 Å². The van der Waals surface area contributed by atoms with Gasteiger partial charge < -0.3 is 10.2 Å². The van der Waals surface area contributed by atoms with E-state index < -0.39 is 0 Å². The van der Waals surface area contributed by atoms with E-state index in [0.717, 1.165) is 6.04 Å². The molecule has 1 N–H and O–H groups in total. The Kier molecular flexibility index (Phi) is 4.79. The van der Waals surface area contributed by atoms with Crippen LogP contribution >= 0.6 is 0 Å². The Morgan fingerprint density at radius 2 is 1.89 bits per heavy atom. The van der Waals surface area contributed by atoms with Crippen LogP contribution in [0.1, 0.15) is 29.5 Å². The Bertz CT molecular complexity index is 381. The predicted molar refractivity (Wildman–Crippen MR) is 78.1 cm³/mol. The van der Waals surface area contributed by atoms with Crippen molar-refractivity contribution < 1.29 is 0 Å². The summed E-state index contributed by atoms with van der Waals surface area (Å²) in [7, 11) is 2.27. The van der Waals surface area contributed by atoms with Crippen molar-refractivity contribution in [2.75, 3.05) is 26.7 Å². The number of likely N-dealkylation sites (N-methyl/N-ethyl adjacent to an activating group) is 1. The minimum atomic E-state index is 0.776. The van der Waals surface area contributed by atoms with Crippen LogP contribution < -0.4 is 5.32 Å². The molecular weight excluding hydrogens is 220 g/mol. The third kappa shape index (κ3) is 3.56. The molecule has 0 radical (unpaired) electrons. The summed E-state index contributed by atoms with van der Waals surface area (Å²) in [5, 5.41) is 3.43. The first-order valence-corrected chi connectivity index (χ1v) is 7.14. The number of benzene rings is 1. The molecule has 0 bridgehead atoms. The van der Waals surface area contributed by atoms with E-state index in [9.17, 15) is 0 Å². The van der Waals surface area contributed by atoms with Crippen LogP contribution in [0.15, 0.2) is 18.2 Å². The molecule has 0 aliphatic carbocycles. The smallest absolute Gasteiger partial charge is 0.0116 e. The van der Waals surface area contributed by atoms with Gasteiger partial charge in [-0.3, -0.25) is 0 Å². The van der Waals surface area contributed by atoms with Crippen molar-refractivity contribution in [3.63, 3.8) is 0 Å². The van der Waals surface area contributed by atoms with Crippen molar-refractivity contribution >= 4 is 0 Å². The molecule has 1 heterocycles. The van der Waals surface area contributed by atoms with Crippen LogP contribution in [-0.2, 0) is 6.42 Å². The Morgan fingerprint density at radius 3 is 2.56 bits per heavy atom. The highest BCUT2D eigenvalue weighted by Gasteiger charge is 2.17. The Balaban J connectivity index is 1.84. The van der Waals surface area contributed by atoms with E-state index >= 15 is 0 Å². The van der Waals surface area contributed by atoms with Gasteiger partial charge in [0.05, 0.1) is 0 Å². The zero-order chi connectivity index (χ0) is 13.0. The molecule has 1 saturated heterocycles. The summed E-state index contributed by atoms with van der Waals surface area (Å²) in [6.07, 6.45) is 3.76. The van der Waals surface area contributed by atoms with Crippen molar-refractivity contribution in [2.45, 2.75) is 39.2 Å². The number of aryl methyl sites for hydroxylation is 2. The summed E-state index contributed by atoms with van der Waals surface area (Å²) < 4.78 is 0. The molecule has 18 heavy (non-hydrogen) atoms. The highest BCUT2D eigenvalue weighted by Crippen LogP contribution is 2.13. The molecule has 0 amide bonds. The van der Waals surface area contributed by atoms with Crippen LogP contribution in [0.5, 0.6) is 0 Å². The van der Waals surface area contributed by atoms with Gasteiger partial charge in [-0.25, -0.2) is 0 Å². The second-order valence-electron chi connectivity index (χ2n) is 5.63. The highest BCUT2D eigenvalue weighted by molar-refractivity contribution is 5.30. The lowest BCUT2D eigenvalue weighted by molar-refractivity contribution is 0.201. The first-order valence-electron chi connectivity index (χ1n) is 7.14. The Labute approximate surface area is 111 Å². The molecular formula is C16H26N2. The number of hydrogen-bond donors (Lipinski definition) is 1. The predicted octanol–water partition coefficient (Wildman–Crippen LogP) is 2.53. The van der Waals surface area contributed by atoms with E-state index in [4.69, 9.17) is 0 Å². The molecule has 1 aliphatic heterocycles. The molecule has 2 nitrogen and oxygen atoms in total. The van der Waals surface area contributed by atoms with E-state index in [1.807, 2.05) is 0 Å². The molecule has 2 heteroatoms. The average Bonchev–Trinajstić information content (AvgIpc) is 2.41. The number of piperidine rings is 1. The zero-order valence-corrected chi connectivity index (χ0v) is 12.0. The Hall–Kier alpha value is -0.860. The molecule has 0 atom stereocenters. The Morgan fingerprint density at radius 1 is 1.17 bits per heavy atom. The molecule has 1 aliphatic rings. The first kappa shape index (κ1) is 13.6. The fraction of sp³-hybridized carbons (Fsp3) is 0.625. The van der Waals surface area contributed by atoms with E-state index in [0.29, 0.717) is 0 Å². The van der Waals surface area contributed by atoms with Gasteiger partial charge in [0.1, 0.15) is 0 Å². The fourth-order valence-corrected chi connectivity index (χ4v) is 2.69. The number of rotatable bonds is 4. The lowest BCUT2D eigenvalue weighted by Crippen LogP contribution is -2.41. The summed E-state index contributed by atoms with van der Waals surface area (Å²) in [5.74, 6) is 0. The summed E-state index contributed by atoms with van der Waals surface area (Å²) in [4.78, 5) is 2.54. The van der Waals surface area contributed by atoms with Gasteiger partial charge in [-0.15, -0.1) is 0 Å². The number of nitrogens with zero attached hydrogens (tertiary/aromatic N) is 1. The average molecular weight is 246 g/mol. The van der Waals surface area contributed by atoms with E-state index in [1.54, 1.807) is 0 Å². The maximum atomic E-state index is 3.43. The molecule has 100 valence electrons. The van der Waals surface area contributed by atoms with Crippen LogP contribution in [-0.4, -0.2) is 37.6 Å². The molecule has 0 aromatic heterocycles. The molecule has 1 fully saturated rings. The van der Waals surface area contributed by atoms with Crippen LogP contribution in [0.2, 0.25) is 0 Å². The number of hydrogen-bond acceptors (Lipinski definition) is 2. The fourth-order valence-electron chi connectivity index (χ4n) is 2.69. The lowest BCUT2D eigenvalue weighted by atomic mass is 10.0. The zero-order valence-electron chi connectivity index (χ0n) is 12.0. The van der Waals surface area contributed by atoms with Crippen molar-refractivity contribution in [2.24, 2.45) is 0 Å². The standard InChI is InChI=1S/C16H26N2/c1-13-4-5-15(12-14(13)2)8-11-18(3)16-6-9-17-10-7-16/h4-5,12,16-17H,6-11H2,1-3H3. The molecule has 1 aromatic carbocycles. The largest absolute Gasteiger partial charge is 0.317 e. The summed E-state index contributed by atoms with van der Waals surface area (Å²) in [5.41, 5.74) is 4.28. The van der Waals surface area contributed by atoms with Crippen LogP contribution in [0, 0.1) is 13.8 Å². The second kappa shape index (κ2) is 6.35. The van der Waals surface area contributed by atoms with Crippen LogP contribution in [0.3, 0.4) is 0 Å². The topological polar surface area (TPSA) is 15.3 Å². The monoisotopic (exact) mass is 246 g/mol. The van der Waals surface area contributed by atoms with Gasteiger partial charge in [-0.05, 0) is 69.9 Å². The second-order valence-corrected chi connectivity index (χ2v) is 5.63.